The quantitative estimate of drug-likeness (QED) is 0.611. The molecule has 2 fully saturated rings. The van der Waals surface area contributed by atoms with E-state index in [1.807, 2.05) is 6.92 Å². The number of aryl methyl sites for hydroxylation is 1. The molecule has 34 heavy (non-hydrogen) atoms. The number of carbonyl (C=O) groups excluding carboxylic acids is 2. The van der Waals surface area contributed by atoms with E-state index in [9.17, 15) is 31.2 Å². The predicted molar refractivity (Wildman–Crippen MR) is 118 cm³/mol. The Balaban J connectivity index is 1.44. The Kier molecular flexibility index (Phi) is 6.46. The van der Waals surface area contributed by atoms with E-state index in [4.69, 9.17) is 0 Å². The average molecular weight is 495 g/mol. The fraction of sp³-hybridized carbons (Fsp3) is 0.417. The molecule has 0 aromatic heterocycles. The molecule has 2 saturated heterocycles. The SMILES string of the molecule is Cc1ccc(S(=O)(=O)CC(=O)N2CCCC3(CCN(C(=O)c4cc(F)c(F)cc4F)C3)C2)cc1. The molecule has 1 spiro atoms. The molecule has 2 aliphatic heterocycles. The highest BCUT2D eigenvalue weighted by molar-refractivity contribution is 7.92. The molecule has 0 aliphatic carbocycles. The number of halogens is 3. The highest BCUT2D eigenvalue weighted by Gasteiger charge is 2.44. The predicted octanol–water partition coefficient (Wildman–Crippen LogP) is 3.34. The monoisotopic (exact) mass is 494 g/mol. The van der Waals surface area contributed by atoms with Crippen molar-refractivity contribution in [1.29, 1.82) is 0 Å². The molecular weight excluding hydrogens is 469 g/mol. The molecule has 2 aromatic carbocycles. The number of rotatable bonds is 4. The lowest BCUT2D eigenvalue weighted by atomic mass is 9.79. The molecule has 0 radical (unpaired) electrons. The first-order chi connectivity index (χ1) is 16.0. The molecule has 2 amide bonds. The van der Waals surface area contributed by atoms with Gasteiger partial charge in [-0.1, -0.05) is 17.7 Å². The molecule has 0 N–H and O–H groups in total. The third-order valence-corrected chi connectivity index (χ3v) is 8.29. The molecule has 1 atom stereocenters. The Morgan fingerprint density at radius 3 is 2.26 bits per heavy atom. The molecule has 2 aromatic rings. The van der Waals surface area contributed by atoms with Gasteiger partial charge in [0.2, 0.25) is 5.91 Å². The van der Waals surface area contributed by atoms with E-state index in [0.717, 1.165) is 5.56 Å². The Bertz CT molecular complexity index is 1230. The lowest BCUT2D eigenvalue weighted by Gasteiger charge is -2.40. The number of amides is 2. The van der Waals surface area contributed by atoms with Crippen LogP contribution in [0.25, 0.3) is 0 Å². The highest BCUT2D eigenvalue weighted by Crippen LogP contribution is 2.39. The van der Waals surface area contributed by atoms with Gasteiger partial charge in [0.05, 0.1) is 10.5 Å². The zero-order chi connectivity index (χ0) is 24.7. The molecule has 0 bridgehead atoms. The van der Waals surface area contributed by atoms with Crippen LogP contribution in [-0.4, -0.2) is 62.0 Å². The molecule has 2 heterocycles. The van der Waals surface area contributed by atoms with Crippen LogP contribution in [0.5, 0.6) is 0 Å². The van der Waals surface area contributed by atoms with Crippen LogP contribution in [0.15, 0.2) is 41.3 Å². The van der Waals surface area contributed by atoms with Crippen molar-refractivity contribution < 1.29 is 31.2 Å². The number of hydrogen-bond donors (Lipinski definition) is 0. The number of hydrogen-bond acceptors (Lipinski definition) is 4. The Labute approximate surface area is 196 Å². The molecule has 6 nitrogen and oxygen atoms in total. The van der Waals surface area contributed by atoms with Gasteiger partial charge in [-0.3, -0.25) is 9.59 Å². The van der Waals surface area contributed by atoms with Gasteiger partial charge in [0.25, 0.3) is 5.91 Å². The fourth-order valence-electron chi connectivity index (χ4n) is 4.80. The van der Waals surface area contributed by atoms with E-state index in [1.165, 1.54) is 21.9 Å². The largest absolute Gasteiger partial charge is 0.341 e. The maximum atomic E-state index is 14.1. The zero-order valence-corrected chi connectivity index (χ0v) is 19.5. The summed E-state index contributed by atoms with van der Waals surface area (Å²) in [5.41, 5.74) is -0.0811. The van der Waals surface area contributed by atoms with Crippen molar-refractivity contribution in [2.24, 2.45) is 5.41 Å². The van der Waals surface area contributed by atoms with Gasteiger partial charge < -0.3 is 9.80 Å². The Morgan fingerprint density at radius 2 is 1.56 bits per heavy atom. The summed E-state index contributed by atoms with van der Waals surface area (Å²) in [5.74, 6) is -5.69. The summed E-state index contributed by atoms with van der Waals surface area (Å²) in [4.78, 5) is 28.6. The van der Waals surface area contributed by atoms with E-state index in [2.05, 4.69) is 0 Å². The minimum Gasteiger partial charge on any atom is -0.341 e. The van der Waals surface area contributed by atoms with Gasteiger partial charge in [0.1, 0.15) is 11.6 Å². The van der Waals surface area contributed by atoms with Gasteiger partial charge in [0, 0.05) is 37.7 Å². The van der Waals surface area contributed by atoms with Crippen molar-refractivity contribution in [1.82, 2.24) is 9.80 Å². The summed E-state index contributed by atoms with van der Waals surface area (Å²) in [5, 5.41) is 0. The number of sulfone groups is 1. The lowest BCUT2D eigenvalue weighted by Crippen LogP contribution is -2.49. The van der Waals surface area contributed by atoms with Crippen LogP contribution in [0.4, 0.5) is 13.2 Å². The zero-order valence-electron chi connectivity index (χ0n) is 18.7. The Morgan fingerprint density at radius 1 is 0.912 bits per heavy atom. The van der Waals surface area contributed by atoms with Crippen LogP contribution >= 0.6 is 0 Å². The van der Waals surface area contributed by atoms with Gasteiger partial charge in [-0.2, -0.15) is 0 Å². The minimum atomic E-state index is -3.80. The van der Waals surface area contributed by atoms with Crippen LogP contribution in [0.3, 0.4) is 0 Å². The van der Waals surface area contributed by atoms with Crippen molar-refractivity contribution in [3.8, 4) is 0 Å². The second-order valence-corrected chi connectivity index (χ2v) is 11.2. The van der Waals surface area contributed by atoms with Gasteiger partial charge in [-0.25, -0.2) is 21.6 Å². The number of nitrogens with zero attached hydrogens (tertiary/aromatic N) is 2. The van der Waals surface area contributed by atoms with Crippen LogP contribution < -0.4 is 0 Å². The first kappa shape index (κ1) is 24.3. The van der Waals surface area contributed by atoms with Crippen LogP contribution in [0, 0.1) is 29.8 Å². The van der Waals surface area contributed by atoms with E-state index >= 15 is 0 Å². The summed E-state index contributed by atoms with van der Waals surface area (Å²) >= 11 is 0. The summed E-state index contributed by atoms with van der Waals surface area (Å²) in [6.45, 7) is 3.03. The summed E-state index contributed by atoms with van der Waals surface area (Å²) in [6.07, 6.45) is 1.89. The maximum Gasteiger partial charge on any atom is 0.256 e. The summed E-state index contributed by atoms with van der Waals surface area (Å²) in [7, 11) is -3.80. The van der Waals surface area contributed by atoms with Crippen LogP contribution in [-0.2, 0) is 14.6 Å². The topological polar surface area (TPSA) is 74.8 Å². The van der Waals surface area contributed by atoms with Crippen molar-refractivity contribution in [3.05, 3.63) is 65.0 Å². The molecule has 0 saturated carbocycles. The van der Waals surface area contributed by atoms with E-state index < -0.39 is 55.8 Å². The van der Waals surface area contributed by atoms with Gasteiger partial charge in [-0.05, 0) is 44.4 Å². The first-order valence-corrected chi connectivity index (χ1v) is 12.7. The molecule has 10 heteroatoms. The second-order valence-electron chi connectivity index (χ2n) is 9.21. The standard InChI is InChI=1S/C24H25F3N2O4S/c1-16-3-5-17(6-4-16)34(32,33)13-22(30)28-9-2-7-24(14-28)8-10-29(15-24)23(31)18-11-20(26)21(27)12-19(18)25/h3-6,11-12H,2,7-10,13-15H2,1H3. The number of benzene rings is 2. The van der Waals surface area contributed by atoms with Gasteiger partial charge in [-0.15, -0.1) is 0 Å². The van der Waals surface area contributed by atoms with Crippen molar-refractivity contribution >= 4 is 21.7 Å². The van der Waals surface area contributed by atoms with Crippen LogP contribution in [0.2, 0.25) is 0 Å². The summed E-state index contributed by atoms with van der Waals surface area (Å²) < 4.78 is 66.3. The fourth-order valence-corrected chi connectivity index (χ4v) is 6.03. The van der Waals surface area contributed by atoms with E-state index in [-0.39, 0.29) is 24.5 Å². The number of carbonyl (C=O) groups is 2. The van der Waals surface area contributed by atoms with Crippen molar-refractivity contribution in [3.63, 3.8) is 0 Å². The minimum absolute atomic E-state index is 0.0874. The molecule has 182 valence electrons. The third kappa shape index (κ3) is 4.82. The number of piperidine rings is 1. The maximum absolute atomic E-state index is 14.1. The molecule has 2 aliphatic rings. The molecule has 4 rings (SSSR count). The number of likely N-dealkylation sites (tertiary alicyclic amines) is 2. The molecular formula is C24H25F3N2O4S. The van der Waals surface area contributed by atoms with Crippen molar-refractivity contribution in [2.45, 2.75) is 31.1 Å². The first-order valence-electron chi connectivity index (χ1n) is 11.0. The smallest absolute Gasteiger partial charge is 0.256 e. The van der Waals surface area contributed by atoms with E-state index in [0.29, 0.717) is 37.9 Å². The average Bonchev–Trinajstić information content (AvgIpc) is 3.18. The van der Waals surface area contributed by atoms with Crippen LogP contribution in [0.1, 0.15) is 35.2 Å². The Hall–Kier alpha value is -2.88. The van der Waals surface area contributed by atoms with E-state index in [1.54, 1.807) is 12.1 Å². The van der Waals surface area contributed by atoms with Crippen molar-refractivity contribution in [2.75, 3.05) is 31.9 Å². The summed E-state index contributed by atoms with van der Waals surface area (Å²) in [6, 6.07) is 7.22. The lowest BCUT2D eigenvalue weighted by molar-refractivity contribution is -0.131. The normalized spacial score (nSPS) is 20.7. The third-order valence-electron chi connectivity index (χ3n) is 6.67. The molecule has 1 unspecified atom stereocenters. The van der Waals surface area contributed by atoms with Gasteiger partial charge >= 0.3 is 0 Å². The van der Waals surface area contributed by atoms with Gasteiger partial charge in [0.15, 0.2) is 21.5 Å². The highest BCUT2D eigenvalue weighted by atomic mass is 32.2. The second kappa shape index (κ2) is 9.05.